The van der Waals surface area contributed by atoms with Crippen LogP contribution in [0, 0.1) is 5.92 Å². The first-order chi connectivity index (χ1) is 28.2. The smallest absolute Gasteiger partial charge is 0.166 e. The Labute approximate surface area is 364 Å². The fraction of sp³-hybridized carbons (Fsp3) is 0.609. The predicted molar refractivity (Wildman–Crippen MR) is 218 cm³/mol. The molecule has 3 aromatic rings. The van der Waals surface area contributed by atoms with Gasteiger partial charge in [0.2, 0.25) is 0 Å². The zero-order valence-corrected chi connectivity index (χ0v) is 37.1. The van der Waals surface area contributed by atoms with Crippen LogP contribution >= 0.6 is 15.8 Å². The van der Waals surface area contributed by atoms with Crippen LogP contribution in [-0.4, -0.2) is 17.0 Å². The van der Waals surface area contributed by atoms with E-state index in [0.29, 0.717) is 54.8 Å². The van der Waals surface area contributed by atoms with Crippen LogP contribution in [0.4, 0.5) is 52.7 Å². The van der Waals surface area contributed by atoms with Crippen molar-refractivity contribution in [3.05, 3.63) is 88.5 Å². The molecule has 0 aromatic heterocycles. The molecule has 2 unspecified atom stereocenters. The van der Waals surface area contributed by atoms with Crippen molar-refractivity contribution in [3.8, 4) is 0 Å². The Morgan fingerprint density at radius 3 is 1.20 bits per heavy atom. The molecule has 61 heavy (non-hydrogen) atoms. The van der Waals surface area contributed by atoms with Crippen molar-refractivity contribution in [2.24, 2.45) is 5.92 Å². The minimum absolute atomic E-state index is 0. The van der Waals surface area contributed by atoms with Gasteiger partial charge in [0.05, 0.1) is 22.3 Å². The summed E-state index contributed by atoms with van der Waals surface area (Å²) in [4.78, 5) is 0. The van der Waals surface area contributed by atoms with Crippen LogP contribution in [0.25, 0.3) is 0 Å². The molecular weight excluding hydrogens is 898 g/mol. The van der Waals surface area contributed by atoms with Gasteiger partial charge in [-0.05, 0) is 133 Å². The molecule has 0 heterocycles. The van der Waals surface area contributed by atoms with E-state index >= 15 is 0 Å². The molecule has 15 heteroatoms. The molecule has 0 N–H and O–H groups in total. The van der Waals surface area contributed by atoms with Crippen LogP contribution < -0.4 is 15.9 Å². The third kappa shape index (κ3) is 12.7. The summed E-state index contributed by atoms with van der Waals surface area (Å²) in [5.74, 6) is -0.663. The van der Waals surface area contributed by atoms with E-state index in [0.717, 1.165) is 56.9 Å². The van der Waals surface area contributed by atoms with E-state index in [2.05, 4.69) is 6.07 Å². The predicted octanol–water partition coefficient (Wildman–Crippen LogP) is 15.9. The standard InChI is InChI=1S/C41H44F12P2.C5H10.Fe/c1-25(34-16-10-17-35(34)36-15-8-9-18-37(36)55(30-11-4-2-5-12-30)31-13-6-3-7-14-31)54(32-21-26(38(42,43)44)19-27(22-32)39(45,46)47)33-23-28(40(48,49)50)20-29(24-33)41(51,52)53;1-2-4-5-3-1;/h8-9,15,18-25,30-31,34-35H,2-7,10-14,16-17H2,1H3;1-5H2;/t25-,34?,35?;;/m1../s1. The van der Waals surface area contributed by atoms with Crippen LogP contribution in [0.2, 0.25) is 0 Å². The van der Waals surface area contributed by atoms with E-state index in [4.69, 9.17) is 0 Å². The number of hydrogen-bond donors (Lipinski definition) is 0. The normalized spacial score (nSPS) is 21.6. The SMILES string of the molecule is C1CCCC1.C[C@H](C1CCCC1c1ccccc1P(C1CCCCC1)C1CCCCC1)P(c1cc(C(F)(F)F)cc(C(F)(F)F)c1)c1cc(C(F)(F)F)cc(C(F)(F)F)c1.[Fe]. The summed E-state index contributed by atoms with van der Waals surface area (Å²) in [6.45, 7) is 1.59. The van der Waals surface area contributed by atoms with Gasteiger partial charge in [-0.15, -0.1) is 0 Å². The molecule has 340 valence electrons. The minimum Gasteiger partial charge on any atom is -0.166 e. The summed E-state index contributed by atoms with van der Waals surface area (Å²) >= 11 is 0. The Morgan fingerprint density at radius 2 is 0.820 bits per heavy atom. The fourth-order valence-corrected chi connectivity index (χ4v) is 17.4. The van der Waals surface area contributed by atoms with Crippen molar-refractivity contribution in [3.63, 3.8) is 0 Å². The third-order valence-corrected chi connectivity index (χ3v) is 19.5. The van der Waals surface area contributed by atoms with E-state index in [9.17, 15) is 52.7 Å². The number of benzene rings is 3. The molecule has 0 saturated heterocycles. The second kappa shape index (κ2) is 21.0. The quantitative estimate of drug-likeness (QED) is 0.120. The Balaban J connectivity index is 0.00000109. The van der Waals surface area contributed by atoms with Crippen molar-refractivity contribution >= 4 is 31.8 Å². The van der Waals surface area contributed by atoms with Crippen LogP contribution in [0.15, 0.2) is 60.7 Å². The van der Waals surface area contributed by atoms with Crippen molar-refractivity contribution in [2.45, 2.75) is 170 Å². The zero-order chi connectivity index (χ0) is 43.5. The first kappa shape index (κ1) is 50.2. The summed E-state index contributed by atoms with van der Waals surface area (Å²) in [6.07, 6.45) is -0.463. The van der Waals surface area contributed by atoms with Gasteiger partial charge in [0.25, 0.3) is 0 Å². The Morgan fingerprint density at radius 1 is 0.459 bits per heavy atom. The number of halogens is 12. The fourth-order valence-electron chi connectivity index (χ4n) is 10.2. The molecule has 0 spiro atoms. The third-order valence-electron chi connectivity index (χ3n) is 13.1. The number of alkyl halides is 12. The average molecular weight is 953 g/mol. The van der Waals surface area contributed by atoms with E-state index in [1.54, 1.807) is 6.92 Å². The van der Waals surface area contributed by atoms with Crippen LogP contribution in [0.1, 0.15) is 156 Å². The van der Waals surface area contributed by atoms with E-state index in [1.165, 1.54) is 50.3 Å². The van der Waals surface area contributed by atoms with Crippen molar-refractivity contribution < 1.29 is 69.8 Å². The maximum atomic E-state index is 14.2. The van der Waals surface area contributed by atoms with Gasteiger partial charge in [0.15, 0.2) is 0 Å². The molecule has 0 aliphatic heterocycles. The topological polar surface area (TPSA) is 0 Å². The van der Waals surface area contributed by atoms with Gasteiger partial charge in [-0.2, -0.15) is 52.7 Å². The first-order valence-corrected chi connectivity index (χ1v) is 24.4. The van der Waals surface area contributed by atoms with Crippen molar-refractivity contribution in [2.75, 3.05) is 0 Å². The van der Waals surface area contributed by atoms with Gasteiger partial charge in [-0.25, -0.2) is 0 Å². The number of hydrogen-bond acceptors (Lipinski definition) is 0. The molecule has 3 aromatic carbocycles. The molecule has 3 atom stereocenters. The number of rotatable bonds is 8. The van der Waals surface area contributed by atoms with Crippen molar-refractivity contribution in [1.29, 1.82) is 0 Å². The largest absolute Gasteiger partial charge is 0.416 e. The zero-order valence-electron chi connectivity index (χ0n) is 34.2. The van der Waals surface area contributed by atoms with Gasteiger partial charge in [-0.3, -0.25) is 0 Å². The van der Waals surface area contributed by atoms with E-state index in [1.807, 2.05) is 18.2 Å². The van der Waals surface area contributed by atoms with Crippen LogP contribution in [0.3, 0.4) is 0 Å². The van der Waals surface area contributed by atoms with Gasteiger partial charge in [0.1, 0.15) is 0 Å². The van der Waals surface area contributed by atoms with Gasteiger partial charge in [-0.1, -0.05) is 116 Å². The summed E-state index contributed by atoms with van der Waals surface area (Å²) in [6, 6.07) is 9.92. The second-order valence-electron chi connectivity index (χ2n) is 17.2. The molecular formula is C46H54F12FeP2. The Bertz CT molecular complexity index is 1690. The summed E-state index contributed by atoms with van der Waals surface area (Å²) < 4.78 is 170. The summed E-state index contributed by atoms with van der Waals surface area (Å²) in [7, 11) is -3.27. The second-order valence-corrected chi connectivity index (χ2v) is 22.5. The van der Waals surface area contributed by atoms with E-state index in [-0.39, 0.29) is 35.1 Å². The molecule has 0 radical (unpaired) electrons. The monoisotopic (exact) mass is 952 g/mol. The Kier molecular flexibility index (Phi) is 17.3. The van der Waals surface area contributed by atoms with Crippen LogP contribution in [-0.2, 0) is 41.8 Å². The molecule has 0 bridgehead atoms. The van der Waals surface area contributed by atoms with Gasteiger partial charge >= 0.3 is 24.7 Å². The maximum Gasteiger partial charge on any atom is 0.416 e. The molecule has 4 fully saturated rings. The first-order valence-electron chi connectivity index (χ1n) is 21.5. The van der Waals surface area contributed by atoms with Gasteiger partial charge < -0.3 is 0 Å². The molecule has 7 rings (SSSR count). The summed E-state index contributed by atoms with van der Waals surface area (Å²) in [5, 5.41) is 0.118. The molecule has 0 amide bonds. The molecule has 0 nitrogen and oxygen atoms in total. The molecule has 4 saturated carbocycles. The molecule has 4 aliphatic carbocycles. The van der Waals surface area contributed by atoms with Crippen LogP contribution in [0.5, 0.6) is 0 Å². The van der Waals surface area contributed by atoms with Gasteiger partial charge in [0, 0.05) is 17.1 Å². The summed E-state index contributed by atoms with van der Waals surface area (Å²) in [5.41, 5.74) is -5.47. The van der Waals surface area contributed by atoms with Crippen molar-refractivity contribution in [1.82, 2.24) is 0 Å². The minimum atomic E-state index is -5.27. The molecule has 4 aliphatic rings. The Hall–Kier alpha value is -1.80. The maximum absolute atomic E-state index is 14.2. The van der Waals surface area contributed by atoms with E-state index < -0.39 is 85.0 Å². The average Bonchev–Trinajstić information content (AvgIpc) is 3.95.